The normalized spacial score (nSPS) is 12.3. The van der Waals surface area contributed by atoms with Gasteiger partial charge in [-0.25, -0.2) is 9.59 Å². The summed E-state index contributed by atoms with van der Waals surface area (Å²) in [6, 6.07) is 0. The molecule has 20 heavy (non-hydrogen) atoms. The van der Waals surface area contributed by atoms with Gasteiger partial charge >= 0.3 is 11.9 Å². The predicted molar refractivity (Wildman–Crippen MR) is 79.3 cm³/mol. The van der Waals surface area contributed by atoms with E-state index in [0.717, 1.165) is 57.1 Å². The van der Waals surface area contributed by atoms with Crippen molar-refractivity contribution in [1.82, 2.24) is 0 Å². The number of carbonyl (C=O) groups excluding carboxylic acids is 2. The van der Waals surface area contributed by atoms with Crippen molar-refractivity contribution in [2.24, 2.45) is 0 Å². The first-order chi connectivity index (χ1) is 9.60. The highest BCUT2D eigenvalue weighted by molar-refractivity contribution is 5.91. The van der Waals surface area contributed by atoms with Crippen molar-refractivity contribution in [3.05, 3.63) is 12.2 Å². The molecule has 0 aliphatic heterocycles. The smallest absolute Gasteiger partial charge is 0.331 e. The third-order valence-corrected chi connectivity index (χ3v) is 2.88. The topological polar surface area (TPSA) is 52.6 Å². The van der Waals surface area contributed by atoms with Crippen molar-refractivity contribution in [2.45, 2.75) is 71.8 Å². The molecule has 0 aliphatic carbocycles. The Labute approximate surface area is 122 Å². The summed E-state index contributed by atoms with van der Waals surface area (Å²) in [6.45, 7) is 6.48. The molecule has 0 aromatic heterocycles. The molecule has 1 unspecified atom stereocenters. The number of hydrogen-bond acceptors (Lipinski definition) is 4. The Balaban J connectivity index is 3.77. The van der Waals surface area contributed by atoms with Crippen molar-refractivity contribution >= 4 is 11.9 Å². The van der Waals surface area contributed by atoms with Gasteiger partial charge in [-0.05, 0) is 26.2 Å². The van der Waals surface area contributed by atoms with Gasteiger partial charge in [0.25, 0.3) is 0 Å². The quantitative estimate of drug-likeness (QED) is 0.329. The third kappa shape index (κ3) is 11.8. The van der Waals surface area contributed by atoms with Crippen LogP contribution in [0.2, 0.25) is 0 Å². The average Bonchev–Trinajstić information content (AvgIpc) is 2.41. The zero-order valence-electron chi connectivity index (χ0n) is 13.0. The number of hydrogen-bond donors (Lipinski definition) is 0. The van der Waals surface area contributed by atoms with E-state index in [1.807, 2.05) is 6.92 Å². The summed E-state index contributed by atoms with van der Waals surface area (Å²) in [6.07, 6.45) is 9.32. The number of carbonyl (C=O) groups is 2. The zero-order valence-corrected chi connectivity index (χ0v) is 13.0. The molecular weight excluding hydrogens is 256 g/mol. The SMILES string of the molecule is CCCCCOC(=O)/C=C/C(=O)OC(C)CCCCC. The molecule has 4 nitrogen and oxygen atoms in total. The number of esters is 2. The fourth-order valence-electron chi connectivity index (χ4n) is 1.69. The fraction of sp³-hybridized carbons (Fsp3) is 0.750. The largest absolute Gasteiger partial charge is 0.463 e. The summed E-state index contributed by atoms with van der Waals surface area (Å²) >= 11 is 0. The Bertz CT molecular complexity index is 297. The Hall–Kier alpha value is -1.32. The maximum atomic E-state index is 11.5. The second-order valence-corrected chi connectivity index (χ2v) is 4.95. The molecule has 0 spiro atoms. The van der Waals surface area contributed by atoms with Gasteiger partial charge in [0.15, 0.2) is 0 Å². The molecule has 0 heterocycles. The predicted octanol–water partition coefficient (Wildman–Crippen LogP) is 3.79. The summed E-state index contributed by atoms with van der Waals surface area (Å²) in [5.74, 6) is -0.976. The molecule has 0 saturated carbocycles. The van der Waals surface area contributed by atoms with E-state index in [-0.39, 0.29) is 6.10 Å². The number of unbranched alkanes of at least 4 members (excludes halogenated alkanes) is 4. The molecule has 0 saturated heterocycles. The van der Waals surface area contributed by atoms with Gasteiger partial charge in [-0.15, -0.1) is 0 Å². The highest BCUT2D eigenvalue weighted by Gasteiger charge is 2.07. The van der Waals surface area contributed by atoms with E-state index in [4.69, 9.17) is 9.47 Å². The highest BCUT2D eigenvalue weighted by atomic mass is 16.5. The third-order valence-electron chi connectivity index (χ3n) is 2.88. The van der Waals surface area contributed by atoms with E-state index in [9.17, 15) is 9.59 Å². The summed E-state index contributed by atoms with van der Waals surface area (Å²) < 4.78 is 10.1. The van der Waals surface area contributed by atoms with Crippen LogP contribution in [0, 0.1) is 0 Å². The first-order valence-corrected chi connectivity index (χ1v) is 7.65. The molecular formula is C16H28O4. The molecule has 1 atom stereocenters. The van der Waals surface area contributed by atoms with Crippen molar-refractivity contribution in [3.8, 4) is 0 Å². The summed E-state index contributed by atoms with van der Waals surface area (Å²) in [4.78, 5) is 22.7. The van der Waals surface area contributed by atoms with E-state index in [2.05, 4.69) is 13.8 Å². The molecule has 4 heteroatoms. The van der Waals surface area contributed by atoms with Gasteiger partial charge in [0.1, 0.15) is 0 Å². The van der Waals surface area contributed by atoms with E-state index in [0.29, 0.717) is 6.61 Å². The van der Waals surface area contributed by atoms with E-state index in [1.165, 1.54) is 0 Å². The molecule has 0 radical (unpaired) electrons. The first-order valence-electron chi connectivity index (χ1n) is 7.65. The Morgan fingerprint density at radius 2 is 1.55 bits per heavy atom. The van der Waals surface area contributed by atoms with Gasteiger partial charge in [0.05, 0.1) is 12.7 Å². The van der Waals surface area contributed by atoms with E-state index < -0.39 is 11.9 Å². The molecule has 0 bridgehead atoms. The maximum absolute atomic E-state index is 11.5. The van der Waals surface area contributed by atoms with E-state index in [1.54, 1.807) is 0 Å². The minimum atomic E-state index is -0.489. The summed E-state index contributed by atoms with van der Waals surface area (Å²) in [5.41, 5.74) is 0. The molecule has 0 aromatic rings. The van der Waals surface area contributed by atoms with Crippen LogP contribution in [0.3, 0.4) is 0 Å². The van der Waals surface area contributed by atoms with Crippen LogP contribution in [0.1, 0.15) is 65.7 Å². The molecule has 116 valence electrons. The maximum Gasteiger partial charge on any atom is 0.331 e. The van der Waals surface area contributed by atoms with Crippen LogP contribution in [0.4, 0.5) is 0 Å². The van der Waals surface area contributed by atoms with Crippen LogP contribution in [0.5, 0.6) is 0 Å². The second-order valence-electron chi connectivity index (χ2n) is 4.95. The van der Waals surface area contributed by atoms with Crippen molar-refractivity contribution in [2.75, 3.05) is 6.61 Å². The monoisotopic (exact) mass is 284 g/mol. The Morgan fingerprint density at radius 1 is 0.950 bits per heavy atom. The van der Waals surface area contributed by atoms with Crippen LogP contribution in [-0.4, -0.2) is 24.6 Å². The number of rotatable bonds is 11. The van der Waals surface area contributed by atoms with Gasteiger partial charge in [0, 0.05) is 12.2 Å². The Morgan fingerprint density at radius 3 is 2.20 bits per heavy atom. The molecule has 0 rings (SSSR count). The standard InChI is InChI=1S/C16H28O4/c1-4-6-8-10-14(3)20-16(18)12-11-15(17)19-13-9-7-5-2/h11-12,14H,4-10,13H2,1-3H3/b12-11+. The fourth-order valence-corrected chi connectivity index (χ4v) is 1.69. The lowest BCUT2D eigenvalue weighted by molar-refractivity contribution is -0.143. The van der Waals surface area contributed by atoms with Gasteiger partial charge in [0.2, 0.25) is 0 Å². The molecule has 0 amide bonds. The zero-order chi connectivity index (χ0) is 15.2. The highest BCUT2D eigenvalue weighted by Crippen LogP contribution is 2.06. The summed E-state index contributed by atoms with van der Waals surface area (Å²) in [7, 11) is 0. The Kier molecular flexibility index (Phi) is 11.9. The van der Waals surface area contributed by atoms with Crippen molar-refractivity contribution < 1.29 is 19.1 Å². The molecule has 0 N–H and O–H groups in total. The first kappa shape index (κ1) is 18.7. The van der Waals surface area contributed by atoms with Gasteiger partial charge in [-0.1, -0.05) is 39.5 Å². The van der Waals surface area contributed by atoms with Gasteiger partial charge < -0.3 is 9.47 Å². The average molecular weight is 284 g/mol. The van der Waals surface area contributed by atoms with Crippen LogP contribution in [0.25, 0.3) is 0 Å². The van der Waals surface area contributed by atoms with Crippen LogP contribution < -0.4 is 0 Å². The molecule has 0 fully saturated rings. The van der Waals surface area contributed by atoms with Gasteiger partial charge in [-0.2, -0.15) is 0 Å². The van der Waals surface area contributed by atoms with Crippen molar-refractivity contribution in [3.63, 3.8) is 0 Å². The van der Waals surface area contributed by atoms with Crippen LogP contribution in [0.15, 0.2) is 12.2 Å². The molecule has 0 aliphatic rings. The lowest BCUT2D eigenvalue weighted by Gasteiger charge is -2.10. The van der Waals surface area contributed by atoms with E-state index >= 15 is 0 Å². The molecule has 0 aromatic carbocycles. The summed E-state index contributed by atoms with van der Waals surface area (Å²) in [5, 5.41) is 0. The second kappa shape index (κ2) is 12.7. The number of ether oxygens (including phenoxy) is 2. The van der Waals surface area contributed by atoms with Crippen molar-refractivity contribution in [1.29, 1.82) is 0 Å². The minimum Gasteiger partial charge on any atom is -0.463 e. The minimum absolute atomic E-state index is 0.112. The van der Waals surface area contributed by atoms with Crippen LogP contribution in [-0.2, 0) is 19.1 Å². The lowest BCUT2D eigenvalue weighted by atomic mass is 10.1. The lowest BCUT2D eigenvalue weighted by Crippen LogP contribution is -2.13. The van der Waals surface area contributed by atoms with Crippen LogP contribution >= 0.6 is 0 Å². The van der Waals surface area contributed by atoms with Gasteiger partial charge in [-0.3, -0.25) is 0 Å².